The molecule has 0 aromatic heterocycles. The smallest absolute Gasteiger partial charge is 0.275 e. The predicted octanol–water partition coefficient (Wildman–Crippen LogP) is 1.88. The van der Waals surface area contributed by atoms with E-state index in [0.717, 1.165) is 43.9 Å². The van der Waals surface area contributed by atoms with Crippen LogP contribution in [0.15, 0.2) is 48.5 Å². The third-order valence-electron chi connectivity index (χ3n) is 5.53. The fourth-order valence-electron chi connectivity index (χ4n) is 3.74. The number of benzene rings is 2. The van der Waals surface area contributed by atoms with E-state index in [4.69, 9.17) is 0 Å². The van der Waals surface area contributed by atoms with Crippen LogP contribution in [-0.2, 0) is 4.79 Å². The van der Waals surface area contributed by atoms with Gasteiger partial charge in [-0.3, -0.25) is 14.9 Å². The molecule has 0 unspecified atom stereocenters. The van der Waals surface area contributed by atoms with Crippen LogP contribution in [0.1, 0.15) is 30.5 Å². The van der Waals surface area contributed by atoms with Gasteiger partial charge in [-0.25, -0.2) is 0 Å². The summed E-state index contributed by atoms with van der Waals surface area (Å²) in [5.74, 6) is 0.0798. The Morgan fingerprint density at radius 1 is 1.14 bits per heavy atom. The molecule has 0 aliphatic carbocycles. The van der Waals surface area contributed by atoms with Crippen LogP contribution in [0.4, 0.5) is 11.4 Å². The number of nitrogens with zero attached hydrogens (tertiary/aromatic N) is 2. The van der Waals surface area contributed by atoms with E-state index in [1.165, 1.54) is 22.6 Å². The van der Waals surface area contributed by atoms with Crippen molar-refractivity contribution in [1.82, 2.24) is 5.32 Å². The Morgan fingerprint density at radius 2 is 1.76 bits per heavy atom. The lowest BCUT2D eigenvalue weighted by molar-refractivity contribution is -0.892. The van der Waals surface area contributed by atoms with Crippen molar-refractivity contribution in [2.45, 2.75) is 26.3 Å². The van der Waals surface area contributed by atoms with Crippen molar-refractivity contribution in [3.05, 3.63) is 69.8 Å². The van der Waals surface area contributed by atoms with Crippen LogP contribution in [0.2, 0.25) is 0 Å². The average Bonchev–Trinajstić information content (AvgIpc) is 2.73. The minimum atomic E-state index is -0.384. The van der Waals surface area contributed by atoms with E-state index in [1.54, 1.807) is 12.1 Å². The summed E-state index contributed by atoms with van der Waals surface area (Å²) in [5.41, 5.74) is 3.45. The van der Waals surface area contributed by atoms with Crippen LogP contribution in [0.3, 0.4) is 0 Å². The van der Waals surface area contributed by atoms with Crippen LogP contribution >= 0.6 is 0 Å². The van der Waals surface area contributed by atoms with Crippen molar-refractivity contribution in [2.75, 3.05) is 37.6 Å². The molecule has 1 saturated heterocycles. The van der Waals surface area contributed by atoms with Gasteiger partial charge >= 0.3 is 0 Å². The number of aryl methyl sites for hydroxylation is 1. The molecule has 1 aliphatic rings. The molecule has 2 aromatic rings. The van der Waals surface area contributed by atoms with Crippen molar-refractivity contribution in [2.24, 2.45) is 0 Å². The number of anilines is 1. The molecule has 0 spiro atoms. The molecular weight excluding hydrogens is 368 g/mol. The number of hydrogen-bond donors (Lipinski definition) is 2. The molecule has 7 nitrogen and oxygen atoms in total. The SMILES string of the molecule is CC[C@@H](NC(=O)C[NH+]1CCN(c2ccc([N+](=O)[O-])cc2)CC1)c1ccc(C)cc1. The molecular formula is C22H29N4O3+. The second-order valence-electron chi connectivity index (χ2n) is 7.63. The molecule has 1 amide bonds. The molecule has 7 heteroatoms. The summed E-state index contributed by atoms with van der Waals surface area (Å²) >= 11 is 0. The molecule has 2 aromatic carbocycles. The van der Waals surface area contributed by atoms with Gasteiger partial charge in [-0.2, -0.15) is 0 Å². The van der Waals surface area contributed by atoms with E-state index in [2.05, 4.69) is 48.3 Å². The van der Waals surface area contributed by atoms with Gasteiger partial charge in [0.05, 0.1) is 37.1 Å². The number of hydrogen-bond acceptors (Lipinski definition) is 4. The van der Waals surface area contributed by atoms with Crippen LogP contribution in [0, 0.1) is 17.0 Å². The van der Waals surface area contributed by atoms with E-state index in [1.807, 2.05) is 0 Å². The highest BCUT2D eigenvalue weighted by molar-refractivity contribution is 5.77. The number of carbonyl (C=O) groups excluding carboxylic acids is 1. The summed E-state index contributed by atoms with van der Waals surface area (Å²) in [6.07, 6.45) is 0.859. The van der Waals surface area contributed by atoms with E-state index < -0.39 is 0 Å². The molecule has 1 atom stereocenters. The van der Waals surface area contributed by atoms with Crippen LogP contribution in [0.5, 0.6) is 0 Å². The standard InChI is InChI=1S/C22H28N4O3/c1-3-21(18-6-4-17(2)5-7-18)23-22(27)16-24-12-14-25(15-13-24)19-8-10-20(11-9-19)26(28)29/h4-11,21H,3,12-16H2,1-2H3,(H,23,27)/p+1/t21-/m1/s1. The third-order valence-corrected chi connectivity index (χ3v) is 5.53. The Labute approximate surface area is 171 Å². The summed E-state index contributed by atoms with van der Waals surface area (Å²) in [7, 11) is 0. The van der Waals surface area contributed by atoms with Crippen molar-refractivity contribution < 1.29 is 14.6 Å². The Bertz CT molecular complexity index is 828. The number of nitro benzene ring substituents is 1. The van der Waals surface area contributed by atoms with E-state index >= 15 is 0 Å². The summed E-state index contributed by atoms with van der Waals surface area (Å²) in [4.78, 5) is 26.4. The fraction of sp³-hybridized carbons (Fsp3) is 0.409. The number of carbonyl (C=O) groups is 1. The van der Waals surface area contributed by atoms with Gasteiger partial charge < -0.3 is 15.1 Å². The number of rotatable bonds is 7. The monoisotopic (exact) mass is 397 g/mol. The van der Waals surface area contributed by atoms with Crippen molar-refractivity contribution >= 4 is 17.3 Å². The number of nitro groups is 1. The lowest BCUT2D eigenvalue weighted by atomic mass is 10.0. The zero-order valence-corrected chi connectivity index (χ0v) is 17.1. The predicted molar refractivity (Wildman–Crippen MR) is 113 cm³/mol. The van der Waals surface area contributed by atoms with Crippen LogP contribution in [0.25, 0.3) is 0 Å². The van der Waals surface area contributed by atoms with E-state index in [9.17, 15) is 14.9 Å². The summed E-state index contributed by atoms with van der Waals surface area (Å²) in [5, 5.41) is 14.0. The van der Waals surface area contributed by atoms with E-state index in [0.29, 0.717) is 6.54 Å². The lowest BCUT2D eigenvalue weighted by Gasteiger charge is -2.33. The van der Waals surface area contributed by atoms with Gasteiger partial charge in [-0.05, 0) is 31.0 Å². The first-order chi connectivity index (χ1) is 14.0. The maximum Gasteiger partial charge on any atom is 0.275 e. The van der Waals surface area contributed by atoms with Crippen molar-refractivity contribution in [3.63, 3.8) is 0 Å². The number of amides is 1. The maximum atomic E-state index is 12.6. The minimum Gasteiger partial charge on any atom is -0.360 e. The summed E-state index contributed by atoms with van der Waals surface area (Å²) in [6, 6.07) is 15.0. The molecule has 0 bridgehead atoms. The maximum absolute atomic E-state index is 12.6. The fourth-order valence-corrected chi connectivity index (χ4v) is 3.74. The van der Waals surface area contributed by atoms with Gasteiger partial charge in [0.15, 0.2) is 6.54 Å². The molecule has 0 radical (unpaired) electrons. The summed E-state index contributed by atoms with van der Waals surface area (Å²) < 4.78 is 0. The highest BCUT2D eigenvalue weighted by Gasteiger charge is 2.24. The van der Waals surface area contributed by atoms with Crippen molar-refractivity contribution in [1.29, 1.82) is 0 Å². The van der Waals surface area contributed by atoms with Gasteiger partial charge in [-0.1, -0.05) is 36.8 Å². The van der Waals surface area contributed by atoms with E-state index in [-0.39, 0.29) is 22.6 Å². The zero-order chi connectivity index (χ0) is 20.8. The minimum absolute atomic E-state index is 0.0453. The molecule has 1 fully saturated rings. The third kappa shape index (κ3) is 5.54. The van der Waals surface area contributed by atoms with Gasteiger partial charge in [0.25, 0.3) is 11.6 Å². The highest BCUT2D eigenvalue weighted by Crippen LogP contribution is 2.19. The molecule has 0 saturated carbocycles. The number of nitrogens with one attached hydrogen (secondary N) is 2. The molecule has 154 valence electrons. The lowest BCUT2D eigenvalue weighted by Crippen LogP contribution is -3.16. The molecule has 1 heterocycles. The number of non-ortho nitro benzene ring substituents is 1. The first-order valence-electron chi connectivity index (χ1n) is 10.1. The van der Waals surface area contributed by atoms with Crippen LogP contribution < -0.4 is 15.1 Å². The Morgan fingerprint density at radius 3 is 2.31 bits per heavy atom. The van der Waals surface area contributed by atoms with Crippen molar-refractivity contribution in [3.8, 4) is 0 Å². The second-order valence-corrected chi connectivity index (χ2v) is 7.63. The summed E-state index contributed by atoms with van der Waals surface area (Å²) in [6.45, 7) is 8.00. The Kier molecular flexibility index (Phi) is 6.82. The van der Waals surface area contributed by atoms with Crippen LogP contribution in [-0.4, -0.2) is 43.6 Å². The Balaban J connectivity index is 1.48. The molecule has 29 heavy (non-hydrogen) atoms. The quantitative estimate of drug-likeness (QED) is 0.552. The largest absolute Gasteiger partial charge is 0.360 e. The molecule has 2 N–H and O–H groups in total. The number of piperazine rings is 1. The molecule has 1 aliphatic heterocycles. The zero-order valence-electron chi connectivity index (χ0n) is 17.1. The topological polar surface area (TPSA) is 79.9 Å². The van der Waals surface area contributed by atoms with Gasteiger partial charge in [0, 0.05) is 17.8 Å². The average molecular weight is 397 g/mol. The van der Waals surface area contributed by atoms with Gasteiger partial charge in [0.1, 0.15) is 0 Å². The first kappa shape index (κ1) is 20.8. The van der Waals surface area contributed by atoms with Gasteiger partial charge in [-0.15, -0.1) is 0 Å². The van der Waals surface area contributed by atoms with Gasteiger partial charge in [0.2, 0.25) is 0 Å². The highest BCUT2D eigenvalue weighted by atomic mass is 16.6. The first-order valence-corrected chi connectivity index (χ1v) is 10.1. The second kappa shape index (κ2) is 9.52. The Hall–Kier alpha value is -2.93. The molecule has 3 rings (SSSR count). The number of quaternary nitrogens is 1. The normalized spacial score (nSPS) is 15.7.